The molecule has 0 aromatic carbocycles. The van der Waals surface area contributed by atoms with Crippen molar-refractivity contribution in [2.75, 3.05) is 12.9 Å². The van der Waals surface area contributed by atoms with E-state index >= 15 is 0 Å². The molecule has 0 bridgehead atoms. The summed E-state index contributed by atoms with van der Waals surface area (Å²) in [4.78, 5) is 7.86. The van der Waals surface area contributed by atoms with Crippen molar-refractivity contribution < 1.29 is 18.5 Å². The Morgan fingerprint density at radius 2 is 2.04 bits per heavy atom. The van der Waals surface area contributed by atoms with Gasteiger partial charge in [-0.05, 0) is 20.1 Å². The highest BCUT2D eigenvalue weighted by Crippen LogP contribution is 2.14. The van der Waals surface area contributed by atoms with E-state index in [1.165, 1.54) is 12.4 Å². The zero-order chi connectivity index (χ0) is 17.5. The number of ether oxygens (including phenoxy) is 2. The summed E-state index contributed by atoms with van der Waals surface area (Å²) in [5.74, 6) is 0.989. The van der Waals surface area contributed by atoms with Crippen LogP contribution in [0.2, 0.25) is 0 Å². The highest BCUT2D eigenvalue weighted by Gasteiger charge is 2.16. The Morgan fingerprint density at radius 1 is 1.33 bits per heavy atom. The molecule has 0 aliphatic carbocycles. The number of halogens is 1. The molecule has 0 saturated carbocycles. The second-order valence-corrected chi connectivity index (χ2v) is 6.62. The first-order valence-electron chi connectivity index (χ1n) is 7.81. The van der Waals surface area contributed by atoms with E-state index in [1.807, 2.05) is 48.9 Å². The maximum Gasteiger partial charge on any atom is 0.237 e. The summed E-state index contributed by atoms with van der Waals surface area (Å²) >= 11 is 1.64. The Balaban J connectivity index is 1.85. The van der Waals surface area contributed by atoms with Gasteiger partial charge in [-0.1, -0.05) is 0 Å². The van der Waals surface area contributed by atoms with E-state index in [2.05, 4.69) is 9.97 Å². The summed E-state index contributed by atoms with van der Waals surface area (Å²) in [6, 6.07) is 0. The van der Waals surface area contributed by atoms with Crippen LogP contribution in [0.15, 0.2) is 24.8 Å². The average molecular weight is 355 g/mol. The predicted octanol–water partition coefficient (Wildman–Crippen LogP) is 1.98. The van der Waals surface area contributed by atoms with Gasteiger partial charge in [-0.2, -0.15) is 4.68 Å². The summed E-state index contributed by atoms with van der Waals surface area (Å²) in [6.07, 6.45) is 8.96. The SMILES string of the molecule is CSC(Cn1cc(OC(C)C)c[n+]1C)OCCc1ncc(F)cn1. The van der Waals surface area contributed by atoms with Crippen LogP contribution in [0.3, 0.4) is 0 Å². The number of aryl methyl sites for hydroxylation is 1. The summed E-state index contributed by atoms with van der Waals surface area (Å²) in [7, 11) is 1.97. The van der Waals surface area contributed by atoms with Crippen LogP contribution in [0, 0.1) is 5.82 Å². The number of aromatic nitrogens is 4. The molecular weight excluding hydrogens is 331 g/mol. The Hall–Kier alpha value is -1.67. The first kappa shape index (κ1) is 18.7. The van der Waals surface area contributed by atoms with Gasteiger partial charge in [-0.15, -0.1) is 16.4 Å². The van der Waals surface area contributed by atoms with Crippen molar-refractivity contribution in [2.45, 2.75) is 38.4 Å². The Bertz CT molecular complexity index is 634. The summed E-state index contributed by atoms with van der Waals surface area (Å²) in [5.41, 5.74) is -0.00375. The van der Waals surface area contributed by atoms with Crippen LogP contribution in [0.5, 0.6) is 5.75 Å². The minimum Gasteiger partial charge on any atom is -0.483 e. The van der Waals surface area contributed by atoms with E-state index in [4.69, 9.17) is 9.47 Å². The van der Waals surface area contributed by atoms with Crippen LogP contribution in [-0.4, -0.2) is 39.1 Å². The number of rotatable bonds is 9. The third-order valence-electron chi connectivity index (χ3n) is 3.27. The average Bonchev–Trinajstić information content (AvgIpc) is 2.86. The van der Waals surface area contributed by atoms with Crippen LogP contribution in [0.1, 0.15) is 19.7 Å². The van der Waals surface area contributed by atoms with Crippen molar-refractivity contribution in [3.63, 3.8) is 0 Å². The first-order valence-corrected chi connectivity index (χ1v) is 9.10. The van der Waals surface area contributed by atoms with Crippen LogP contribution < -0.4 is 9.42 Å². The molecule has 0 fully saturated rings. The lowest BCUT2D eigenvalue weighted by Crippen LogP contribution is -2.40. The van der Waals surface area contributed by atoms with E-state index in [0.29, 0.717) is 25.4 Å². The summed E-state index contributed by atoms with van der Waals surface area (Å²) in [5, 5.41) is 0. The maximum absolute atomic E-state index is 12.8. The third kappa shape index (κ3) is 5.76. The van der Waals surface area contributed by atoms with E-state index in [1.54, 1.807) is 11.8 Å². The lowest BCUT2D eigenvalue weighted by molar-refractivity contribution is -0.754. The van der Waals surface area contributed by atoms with Gasteiger partial charge in [0.15, 0.2) is 12.9 Å². The minimum absolute atomic E-state index is 0.00375. The molecule has 0 amide bonds. The van der Waals surface area contributed by atoms with Gasteiger partial charge < -0.3 is 9.47 Å². The minimum atomic E-state index is -0.429. The molecular formula is C16H24FN4O2S+. The molecule has 2 heterocycles. The van der Waals surface area contributed by atoms with Crippen molar-refractivity contribution in [3.05, 3.63) is 36.4 Å². The van der Waals surface area contributed by atoms with Crippen molar-refractivity contribution in [1.29, 1.82) is 0 Å². The van der Waals surface area contributed by atoms with Crippen LogP contribution in [0.4, 0.5) is 4.39 Å². The van der Waals surface area contributed by atoms with Gasteiger partial charge in [0.1, 0.15) is 24.0 Å². The first-order chi connectivity index (χ1) is 11.5. The standard InChI is InChI=1S/C16H24FN4O2S/c1-12(2)23-14-9-20(3)21(10-14)11-16(24-4)22-6-5-15-18-7-13(17)8-19-15/h7-10,12,16H,5-6,11H2,1-4H3/q+1. The van der Waals surface area contributed by atoms with Crippen LogP contribution >= 0.6 is 11.8 Å². The molecule has 132 valence electrons. The molecule has 1 unspecified atom stereocenters. The molecule has 0 aliphatic rings. The fraction of sp³-hybridized carbons (Fsp3) is 0.562. The lowest BCUT2D eigenvalue weighted by atomic mass is 10.4. The van der Waals surface area contributed by atoms with E-state index < -0.39 is 5.82 Å². The quantitative estimate of drug-likeness (QED) is 0.509. The topological polar surface area (TPSA) is 53.0 Å². The largest absolute Gasteiger partial charge is 0.483 e. The van der Waals surface area contributed by atoms with Crippen molar-refractivity contribution in [3.8, 4) is 5.75 Å². The number of thioether (sulfide) groups is 1. The highest BCUT2D eigenvalue weighted by atomic mass is 32.2. The lowest BCUT2D eigenvalue weighted by Gasteiger charge is -2.14. The molecule has 2 aromatic heterocycles. The fourth-order valence-corrected chi connectivity index (χ4v) is 2.68. The molecule has 2 rings (SSSR count). The zero-order valence-corrected chi connectivity index (χ0v) is 15.3. The van der Waals surface area contributed by atoms with Gasteiger partial charge >= 0.3 is 0 Å². The molecule has 8 heteroatoms. The molecule has 0 radical (unpaired) electrons. The van der Waals surface area contributed by atoms with Gasteiger partial charge in [-0.25, -0.2) is 14.4 Å². The Kier molecular flexibility index (Phi) is 6.99. The molecule has 24 heavy (non-hydrogen) atoms. The summed E-state index contributed by atoms with van der Waals surface area (Å²) < 4.78 is 28.4. The fourth-order valence-electron chi connectivity index (χ4n) is 2.14. The van der Waals surface area contributed by atoms with Crippen LogP contribution in [0.25, 0.3) is 0 Å². The number of hydrogen-bond donors (Lipinski definition) is 0. The normalized spacial score (nSPS) is 12.6. The summed E-state index contributed by atoms with van der Waals surface area (Å²) in [6.45, 7) is 5.19. The van der Waals surface area contributed by atoms with Crippen LogP contribution in [-0.2, 0) is 24.8 Å². The molecule has 1 atom stereocenters. The Morgan fingerprint density at radius 3 is 2.67 bits per heavy atom. The van der Waals surface area contributed by atoms with Gasteiger partial charge in [0, 0.05) is 6.42 Å². The molecule has 2 aromatic rings. The monoisotopic (exact) mass is 355 g/mol. The number of nitrogens with zero attached hydrogens (tertiary/aromatic N) is 4. The molecule has 0 spiro atoms. The van der Waals surface area contributed by atoms with Crippen molar-refractivity contribution >= 4 is 11.8 Å². The van der Waals surface area contributed by atoms with Gasteiger partial charge in [0.2, 0.25) is 11.9 Å². The second-order valence-electron chi connectivity index (χ2n) is 5.63. The predicted molar refractivity (Wildman–Crippen MR) is 90.3 cm³/mol. The second kappa shape index (κ2) is 8.98. The van der Waals surface area contributed by atoms with E-state index in [0.717, 1.165) is 5.75 Å². The maximum atomic E-state index is 12.8. The van der Waals surface area contributed by atoms with Gasteiger partial charge in [-0.3, -0.25) is 0 Å². The number of hydrogen-bond acceptors (Lipinski definition) is 5. The Labute approximate surface area is 146 Å². The smallest absolute Gasteiger partial charge is 0.237 e. The van der Waals surface area contributed by atoms with E-state index in [-0.39, 0.29) is 11.5 Å². The van der Waals surface area contributed by atoms with Gasteiger partial charge in [0.05, 0.1) is 25.1 Å². The van der Waals surface area contributed by atoms with Crippen molar-refractivity contribution in [2.24, 2.45) is 7.05 Å². The van der Waals surface area contributed by atoms with Crippen molar-refractivity contribution in [1.82, 2.24) is 14.6 Å². The zero-order valence-electron chi connectivity index (χ0n) is 14.5. The van der Waals surface area contributed by atoms with Gasteiger partial charge in [0.25, 0.3) is 0 Å². The third-order valence-corrected chi connectivity index (χ3v) is 4.08. The van der Waals surface area contributed by atoms with E-state index in [9.17, 15) is 4.39 Å². The molecule has 0 N–H and O–H groups in total. The molecule has 6 nitrogen and oxygen atoms in total. The highest BCUT2D eigenvalue weighted by molar-refractivity contribution is 7.99. The molecule has 0 aliphatic heterocycles. The molecule has 0 saturated heterocycles.